The van der Waals surface area contributed by atoms with Crippen molar-refractivity contribution in [3.63, 3.8) is 0 Å². The summed E-state index contributed by atoms with van der Waals surface area (Å²) < 4.78 is 82.5. The Morgan fingerprint density at radius 1 is 1.15 bits per heavy atom. The highest BCUT2D eigenvalue weighted by atomic mass is 32.1. The Bertz CT molecular complexity index is 1000. The largest absolute Gasteiger partial charge is 0.512 e. The molecule has 14 heteroatoms. The summed E-state index contributed by atoms with van der Waals surface area (Å²) in [6.45, 7) is -0.206. The monoisotopic (exact) mass is 420 g/mol. The second kappa shape index (κ2) is 6.90. The fourth-order valence-corrected chi connectivity index (χ4v) is 3.54. The first-order valence-electron chi connectivity index (χ1n) is 7.12. The second-order valence-electron chi connectivity index (χ2n) is 5.16. The predicted octanol–water partition coefficient (Wildman–Crippen LogP) is 3.27. The molecule has 2 rings (SSSR count). The van der Waals surface area contributed by atoms with Crippen LogP contribution in [-0.4, -0.2) is 26.6 Å². The molecule has 2 aromatic rings. The van der Waals surface area contributed by atoms with Gasteiger partial charge >= 0.3 is 24.2 Å². The van der Waals surface area contributed by atoms with Crippen LogP contribution in [0.1, 0.15) is 18.9 Å². The minimum absolute atomic E-state index is 0.0369. The smallest absolute Gasteiger partial charge is 0.449 e. The summed E-state index contributed by atoms with van der Waals surface area (Å²) in [5.41, 5.74) is -4.39. The van der Waals surface area contributed by atoms with Crippen LogP contribution in [0.5, 0.6) is 5.06 Å². The van der Waals surface area contributed by atoms with Crippen molar-refractivity contribution < 1.29 is 41.0 Å². The van der Waals surface area contributed by atoms with Crippen LogP contribution in [0.15, 0.2) is 9.59 Å². The SMILES string of the molecule is CCn1c(=O)c2c(C(F)(F)F)c(OC(=O)O)sc2n(CCC(F)(F)F)c1=O. The molecule has 150 valence electrons. The van der Waals surface area contributed by atoms with Gasteiger partial charge in [0.25, 0.3) is 5.56 Å². The summed E-state index contributed by atoms with van der Waals surface area (Å²) in [5, 5.41) is 6.23. The number of hydrogen-bond acceptors (Lipinski definition) is 5. The molecule has 7 nitrogen and oxygen atoms in total. The normalized spacial score (nSPS) is 12.6. The van der Waals surface area contributed by atoms with Crippen molar-refractivity contribution in [1.29, 1.82) is 0 Å². The molecule has 0 radical (unpaired) electrons. The molecule has 2 aromatic heterocycles. The number of hydrogen-bond donors (Lipinski definition) is 1. The first-order chi connectivity index (χ1) is 12.3. The lowest BCUT2D eigenvalue weighted by atomic mass is 10.2. The van der Waals surface area contributed by atoms with Gasteiger partial charge in [0.15, 0.2) is 0 Å². The zero-order valence-corrected chi connectivity index (χ0v) is 14.1. The number of aromatic nitrogens is 2. The second-order valence-corrected chi connectivity index (χ2v) is 6.12. The summed E-state index contributed by atoms with van der Waals surface area (Å²) in [6.07, 6.45) is -13.6. The van der Waals surface area contributed by atoms with Crippen LogP contribution in [0.4, 0.5) is 31.1 Å². The van der Waals surface area contributed by atoms with E-state index in [1.54, 1.807) is 0 Å². The van der Waals surface area contributed by atoms with Gasteiger partial charge in [0.2, 0.25) is 5.06 Å². The van der Waals surface area contributed by atoms with Crippen LogP contribution in [-0.2, 0) is 19.3 Å². The molecule has 0 unspecified atom stereocenters. The zero-order chi connectivity index (χ0) is 20.7. The topological polar surface area (TPSA) is 90.5 Å². The summed E-state index contributed by atoms with van der Waals surface area (Å²) in [5.74, 6) is 0. The molecule has 0 amide bonds. The van der Waals surface area contributed by atoms with E-state index < -0.39 is 70.1 Å². The van der Waals surface area contributed by atoms with Crippen LogP contribution >= 0.6 is 11.3 Å². The number of rotatable bonds is 4. The van der Waals surface area contributed by atoms with Crippen LogP contribution < -0.4 is 16.0 Å². The fraction of sp³-hybridized carbons (Fsp3) is 0.462. The third-order valence-electron chi connectivity index (χ3n) is 3.42. The number of carbonyl (C=O) groups is 1. The van der Waals surface area contributed by atoms with Crippen molar-refractivity contribution in [2.24, 2.45) is 0 Å². The van der Waals surface area contributed by atoms with E-state index in [1.165, 1.54) is 6.92 Å². The van der Waals surface area contributed by atoms with Gasteiger partial charge in [-0.2, -0.15) is 26.3 Å². The average molecular weight is 420 g/mol. The average Bonchev–Trinajstić information content (AvgIpc) is 2.84. The Hall–Kier alpha value is -2.51. The molecule has 0 fully saturated rings. The van der Waals surface area contributed by atoms with Crippen LogP contribution in [0.3, 0.4) is 0 Å². The summed E-state index contributed by atoms with van der Waals surface area (Å²) in [6, 6.07) is 0. The third kappa shape index (κ3) is 4.09. The Morgan fingerprint density at radius 3 is 2.19 bits per heavy atom. The maximum absolute atomic E-state index is 13.4. The number of alkyl halides is 6. The number of thiophene rings is 1. The van der Waals surface area contributed by atoms with E-state index in [0.29, 0.717) is 9.13 Å². The standard InChI is InChI=1S/C13H10F6N2O5S/c1-2-20-7(22)5-6(13(17,18)19)9(26-11(24)25)27-8(5)21(10(20)23)4-3-12(14,15)16/h2-4H2,1H3,(H,24,25). The fourth-order valence-electron chi connectivity index (χ4n) is 2.36. The van der Waals surface area contributed by atoms with Crippen molar-refractivity contribution in [2.75, 3.05) is 0 Å². The number of carboxylic acid groups (broad SMARTS) is 1. The minimum Gasteiger partial charge on any atom is -0.449 e. The summed E-state index contributed by atoms with van der Waals surface area (Å²) in [7, 11) is 0. The van der Waals surface area contributed by atoms with Crippen molar-refractivity contribution in [3.8, 4) is 5.06 Å². The van der Waals surface area contributed by atoms with Crippen molar-refractivity contribution in [2.45, 2.75) is 38.8 Å². The molecular formula is C13H10F6N2O5S. The van der Waals surface area contributed by atoms with Crippen molar-refractivity contribution >= 4 is 27.7 Å². The van der Waals surface area contributed by atoms with Gasteiger partial charge in [0, 0.05) is 13.1 Å². The van der Waals surface area contributed by atoms with Gasteiger partial charge in [-0.15, -0.1) is 0 Å². The number of nitrogens with zero attached hydrogens (tertiary/aromatic N) is 2. The van der Waals surface area contributed by atoms with E-state index in [9.17, 15) is 40.7 Å². The van der Waals surface area contributed by atoms with Gasteiger partial charge in [0.1, 0.15) is 10.4 Å². The number of halogens is 6. The first-order valence-corrected chi connectivity index (χ1v) is 7.94. The minimum atomic E-state index is -5.25. The van der Waals surface area contributed by atoms with E-state index >= 15 is 0 Å². The molecule has 1 N–H and O–H groups in total. The highest BCUT2D eigenvalue weighted by Gasteiger charge is 2.42. The van der Waals surface area contributed by atoms with Gasteiger partial charge in [-0.3, -0.25) is 13.9 Å². The maximum Gasteiger partial charge on any atom is 0.512 e. The summed E-state index contributed by atoms with van der Waals surface area (Å²) in [4.78, 5) is 34.5. The predicted molar refractivity (Wildman–Crippen MR) is 80.3 cm³/mol. The lowest BCUT2D eigenvalue weighted by Crippen LogP contribution is -2.40. The third-order valence-corrected chi connectivity index (χ3v) is 4.51. The van der Waals surface area contributed by atoms with Crippen LogP contribution in [0.2, 0.25) is 0 Å². The number of ether oxygens (including phenoxy) is 1. The van der Waals surface area contributed by atoms with Gasteiger partial charge in [0.05, 0.1) is 11.8 Å². The van der Waals surface area contributed by atoms with Gasteiger partial charge in [-0.1, -0.05) is 11.3 Å². The summed E-state index contributed by atoms with van der Waals surface area (Å²) >= 11 is -0.0369. The van der Waals surface area contributed by atoms with Crippen LogP contribution in [0, 0.1) is 0 Å². The quantitative estimate of drug-likeness (QED) is 0.606. The van der Waals surface area contributed by atoms with Gasteiger partial charge < -0.3 is 9.84 Å². The van der Waals surface area contributed by atoms with E-state index in [2.05, 4.69) is 4.74 Å². The van der Waals surface area contributed by atoms with E-state index in [1.807, 2.05) is 0 Å². The Kier molecular flexibility index (Phi) is 5.32. The maximum atomic E-state index is 13.4. The molecule has 0 aliphatic rings. The number of aryl methyl sites for hydroxylation is 1. The van der Waals surface area contributed by atoms with E-state index in [-0.39, 0.29) is 11.3 Å². The Morgan fingerprint density at radius 2 is 1.74 bits per heavy atom. The van der Waals surface area contributed by atoms with Crippen molar-refractivity contribution in [3.05, 3.63) is 26.4 Å². The van der Waals surface area contributed by atoms with E-state index in [4.69, 9.17) is 5.11 Å². The molecule has 0 aliphatic carbocycles. The van der Waals surface area contributed by atoms with Crippen LogP contribution in [0.25, 0.3) is 10.2 Å². The van der Waals surface area contributed by atoms with E-state index in [0.717, 1.165) is 0 Å². The Labute approximate surface area is 149 Å². The number of fused-ring (bicyclic) bond motifs is 1. The molecule has 0 spiro atoms. The molecule has 0 atom stereocenters. The Balaban J connectivity index is 2.94. The highest BCUT2D eigenvalue weighted by molar-refractivity contribution is 7.20. The van der Waals surface area contributed by atoms with Crippen molar-refractivity contribution in [1.82, 2.24) is 9.13 Å². The molecule has 0 saturated heterocycles. The lowest BCUT2D eigenvalue weighted by molar-refractivity contribution is -0.138. The first kappa shape index (κ1) is 20.8. The molecule has 0 aliphatic heterocycles. The highest BCUT2D eigenvalue weighted by Crippen LogP contribution is 2.45. The molecular weight excluding hydrogens is 410 g/mol. The molecule has 0 bridgehead atoms. The van der Waals surface area contributed by atoms with Gasteiger partial charge in [-0.05, 0) is 6.92 Å². The molecule has 27 heavy (non-hydrogen) atoms. The lowest BCUT2D eigenvalue weighted by Gasteiger charge is -2.13. The molecule has 2 heterocycles. The molecule has 0 saturated carbocycles. The molecule has 0 aromatic carbocycles. The zero-order valence-electron chi connectivity index (χ0n) is 13.3. The van der Waals surface area contributed by atoms with Gasteiger partial charge in [-0.25, -0.2) is 9.59 Å².